The largest absolute Gasteiger partial charge is 0.399 e. The highest BCUT2D eigenvalue weighted by Crippen LogP contribution is 2.26. The van der Waals surface area contributed by atoms with Gasteiger partial charge in [0.15, 0.2) is 9.84 Å². The van der Waals surface area contributed by atoms with Crippen LogP contribution in [-0.2, 0) is 15.6 Å². The predicted octanol–water partition coefficient (Wildman–Crippen LogP) is 3.51. The molecule has 0 aromatic heterocycles. The summed E-state index contributed by atoms with van der Waals surface area (Å²) in [6.45, 7) is 3.66. The Kier molecular flexibility index (Phi) is 4.06. The number of hydrogen-bond donors (Lipinski definition) is 1. The molecule has 2 rings (SSSR count). The van der Waals surface area contributed by atoms with Gasteiger partial charge in [0.1, 0.15) is 0 Å². The number of sulfone groups is 1. The van der Waals surface area contributed by atoms with Crippen LogP contribution in [-0.4, -0.2) is 8.42 Å². The summed E-state index contributed by atoms with van der Waals surface area (Å²) >= 11 is 6.10. The number of rotatable bonds is 3. The van der Waals surface area contributed by atoms with Crippen molar-refractivity contribution < 1.29 is 8.42 Å². The molecule has 0 spiro atoms. The van der Waals surface area contributed by atoms with Gasteiger partial charge in [-0.3, -0.25) is 0 Å². The summed E-state index contributed by atoms with van der Waals surface area (Å²) in [5.74, 6) is -0.129. The van der Waals surface area contributed by atoms with Crippen molar-refractivity contribution in [2.24, 2.45) is 0 Å². The molecule has 0 aliphatic rings. The molecule has 0 radical (unpaired) electrons. The highest BCUT2D eigenvalue weighted by atomic mass is 35.5. The summed E-state index contributed by atoms with van der Waals surface area (Å²) in [5.41, 5.74) is 8.39. The topological polar surface area (TPSA) is 60.2 Å². The summed E-state index contributed by atoms with van der Waals surface area (Å²) in [5, 5.41) is 0.468. The fourth-order valence-corrected chi connectivity index (χ4v) is 4.08. The molecule has 0 amide bonds. The van der Waals surface area contributed by atoms with E-state index in [0.29, 0.717) is 21.8 Å². The molecular weight excluding hydrogens is 294 g/mol. The molecule has 0 atom stereocenters. The molecule has 106 valence electrons. The Morgan fingerprint density at radius 3 is 2.45 bits per heavy atom. The molecule has 2 aromatic rings. The third kappa shape index (κ3) is 3.14. The van der Waals surface area contributed by atoms with Crippen LogP contribution in [0.25, 0.3) is 0 Å². The van der Waals surface area contributed by atoms with E-state index in [1.165, 1.54) is 6.07 Å². The van der Waals surface area contributed by atoms with Gasteiger partial charge in [-0.25, -0.2) is 8.42 Å². The van der Waals surface area contributed by atoms with Gasteiger partial charge < -0.3 is 5.73 Å². The smallest absolute Gasteiger partial charge is 0.182 e. The molecule has 20 heavy (non-hydrogen) atoms. The van der Waals surface area contributed by atoms with E-state index >= 15 is 0 Å². The van der Waals surface area contributed by atoms with Crippen molar-refractivity contribution >= 4 is 27.1 Å². The van der Waals surface area contributed by atoms with E-state index in [9.17, 15) is 8.42 Å². The Morgan fingerprint density at radius 2 is 1.80 bits per heavy atom. The number of aryl methyl sites for hydroxylation is 2. The van der Waals surface area contributed by atoms with Crippen LogP contribution in [0.1, 0.15) is 16.7 Å². The standard InChI is InChI=1S/C15H16ClNO2S/c1-10-3-5-12(14(16)7-10)9-20(18,19)15-8-13(17)6-4-11(15)2/h3-8H,9,17H2,1-2H3. The third-order valence-corrected chi connectivity index (χ3v) is 5.25. The van der Waals surface area contributed by atoms with Crippen molar-refractivity contribution in [3.05, 3.63) is 58.1 Å². The molecule has 0 fully saturated rings. The number of hydrogen-bond acceptors (Lipinski definition) is 3. The zero-order chi connectivity index (χ0) is 14.9. The summed E-state index contributed by atoms with van der Waals surface area (Å²) < 4.78 is 25.0. The van der Waals surface area contributed by atoms with Crippen LogP contribution in [0.15, 0.2) is 41.3 Å². The molecule has 0 bridgehead atoms. The maximum absolute atomic E-state index is 12.5. The summed E-state index contributed by atoms with van der Waals surface area (Å²) in [6, 6.07) is 10.2. The minimum atomic E-state index is -3.47. The molecule has 0 aliphatic heterocycles. The highest BCUT2D eigenvalue weighted by Gasteiger charge is 2.19. The second-order valence-electron chi connectivity index (χ2n) is 4.88. The van der Waals surface area contributed by atoms with Crippen LogP contribution in [0.3, 0.4) is 0 Å². The van der Waals surface area contributed by atoms with Crippen LogP contribution in [0, 0.1) is 13.8 Å². The molecule has 5 heteroatoms. The number of nitrogen functional groups attached to an aromatic ring is 1. The van der Waals surface area contributed by atoms with Crippen molar-refractivity contribution in [1.82, 2.24) is 0 Å². The van der Waals surface area contributed by atoms with Gasteiger partial charge in [-0.1, -0.05) is 29.8 Å². The van der Waals surface area contributed by atoms with Crippen LogP contribution >= 0.6 is 11.6 Å². The second-order valence-corrected chi connectivity index (χ2v) is 7.24. The SMILES string of the molecule is Cc1ccc(CS(=O)(=O)c2cc(N)ccc2C)c(Cl)c1. The number of benzene rings is 2. The fourth-order valence-electron chi connectivity index (χ4n) is 2.00. The minimum absolute atomic E-state index is 0.129. The number of anilines is 1. The van der Waals surface area contributed by atoms with Gasteiger partial charge in [-0.15, -0.1) is 0 Å². The first-order valence-electron chi connectivity index (χ1n) is 6.13. The van der Waals surface area contributed by atoms with Gasteiger partial charge in [-0.2, -0.15) is 0 Å². The lowest BCUT2D eigenvalue weighted by atomic mass is 10.2. The average molecular weight is 310 g/mol. The first-order chi connectivity index (χ1) is 9.29. The lowest BCUT2D eigenvalue weighted by molar-refractivity contribution is 0.594. The first kappa shape index (κ1) is 14.9. The summed E-state index contributed by atoms with van der Waals surface area (Å²) in [4.78, 5) is 0.258. The molecule has 3 nitrogen and oxygen atoms in total. The molecule has 2 aromatic carbocycles. The normalized spacial score (nSPS) is 11.6. The highest BCUT2D eigenvalue weighted by molar-refractivity contribution is 7.90. The monoisotopic (exact) mass is 309 g/mol. The van der Waals surface area contributed by atoms with E-state index in [0.717, 1.165) is 5.56 Å². The Bertz CT molecular complexity index is 754. The van der Waals surface area contributed by atoms with Crippen molar-refractivity contribution in [2.75, 3.05) is 5.73 Å². The predicted molar refractivity (Wildman–Crippen MR) is 82.7 cm³/mol. The van der Waals surface area contributed by atoms with Crippen LogP contribution in [0.5, 0.6) is 0 Å². The van der Waals surface area contributed by atoms with E-state index in [-0.39, 0.29) is 10.6 Å². The molecular formula is C15H16ClNO2S. The van der Waals surface area contributed by atoms with Gasteiger partial charge in [0.2, 0.25) is 0 Å². The Morgan fingerprint density at radius 1 is 1.10 bits per heavy atom. The van der Waals surface area contributed by atoms with E-state index < -0.39 is 9.84 Å². The van der Waals surface area contributed by atoms with Gasteiger partial charge in [-0.05, 0) is 48.7 Å². The van der Waals surface area contributed by atoms with Crippen LogP contribution < -0.4 is 5.73 Å². The third-order valence-electron chi connectivity index (χ3n) is 3.10. The Hall–Kier alpha value is -1.52. The zero-order valence-electron chi connectivity index (χ0n) is 11.4. The second kappa shape index (κ2) is 5.46. The van der Waals surface area contributed by atoms with Crippen LogP contribution in [0.4, 0.5) is 5.69 Å². The average Bonchev–Trinajstić information content (AvgIpc) is 2.35. The fraction of sp³-hybridized carbons (Fsp3) is 0.200. The molecule has 0 heterocycles. The maximum Gasteiger partial charge on any atom is 0.182 e. The minimum Gasteiger partial charge on any atom is -0.399 e. The molecule has 0 saturated carbocycles. The van der Waals surface area contributed by atoms with E-state index in [1.807, 2.05) is 13.0 Å². The van der Waals surface area contributed by atoms with Crippen molar-refractivity contribution in [1.29, 1.82) is 0 Å². The summed E-state index contributed by atoms with van der Waals surface area (Å²) in [7, 11) is -3.47. The van der Waals surface area contributed by atoms with Crippen molar-refractivity contribution in [3.63, 3.8) is 0 Å². The van der Waals surface area contributed by atoms with Gasteiger partial charge in [0.25, 0.3) is 0 Å². The zero-order valence-corrected chi connectivity index (χ0v) is 12.9. The lowest BCUT2D eigenvalue weighted by Gasteiger charge is -2.10. The van der Waals surface area contributed by atoms with E-state index in [4.69, 9.17) is 17.3 Å². The number of halogens is 1. The summed E-state index contributed by atoms with van der Waals surface area (Å²) in [6.07, 6.45) is 0. The van der Waals surface area contributed by atoms with Gasteiger partial charge in [0.05, 0.1) is 10.6 Å². The van der Waals surface area contributed by atoms with E-state index in [1.54, 1.807) is 31.2 Å². The molecule has 0 aliphatic carbocycles. The quantitative estimate of drug-likeness (QED) is 0.883. The molecule has 0 saturated heterocycles. The molecule has 2 N–H and O–H groups in total. The number of nitrogens with two attached hydrogens (primary N) is 1. The Balaban J connectivity index is 2.43. The van der Waals surface area contributed by atoms with Crippen molar-refractivity contribution in [3.8, 4) is 0 Å². The first-order valence-corrected chi connectivity index (χ1v) is 8.16. The van der Waals surface area contributed by atoms with Gasteiger partial charge in [0, 0.05) is 10.7 Å². The maximum atomic E-state index is 12.5. The Labute approximate surface area is 124 Å². The van der Waals surface area contributed by atoms with E-state index in [2.05, 4.69) is 0 Å². The molecule has 0 unspecified atom stereocenters. The lowest BCUT2D eigenvalue weighted by Crippen LogP contribution is -2.08. The van der Waals surface area contributed by atoms with Crippen LogP contribution in [0.2, 0.25) is 5.02 Å². The van der Waals surface area contributed by atoms with Gasteiger partial charge >= 0.3 is 0 Å². The van der Waals surface area contributed by atoms with Crippen molar-refractivity contribution in [2.45, 2.75) is 24.5 Å².